The second-order valence-corrected chi connectivity index (χ2v) is 5.88. The minimum Gasteiger partial charge on any atom is -0.393 e. The fraction of sp³-hybridized carbons (Fsp3) is 0.846. The Morgan fingerprint density at radius 2 is 1.89 bits per heavy atom. The SMILES string of the molecule is NC(=S)C1CCN(CC(=O)NC2CCOCC2)CC1. The third-order valence-electron chi connectivity index (χ3n) is 3.94. The molecule has 2 rings (SSSR count). The van der Waals surface area contributed by atoms with Crippen molar-refractivity contribution in [3.05, 3.63) is 0 Å². The Morgan fingerprint density at radius 3 is 2.47 bits per heavy atom. The van der Waals surface area contributed by atoms with E-state index in [-0.39, 0.29) is 11.9 Å². The maximum Gasteiger partial charge on any atom is 0.234 e. The van der Waals surface area contributed by atoms with Gasteiger partial charge in [-0.1, -0.05) is 12.2 Å². The van der Waals surface area contributed by atoms with Crippen molar-refractivity contribution in [3.63, 3.8) is 0 Å². The topological polar surface area (TPSA) is 67.6 Å². The van der Waals surface area contributed by atoms with Crippen LogP contribution in [0.3, 0.4) is 0 Å². The molecule has 6 heteroatoms. The smallest absolute Gasteiger partial charge is 0.234 e. The van der Waals surface area contributed by atoms with Crippen LogP contribution in [0.2, 0.25) is 0 Å². The minimum absolute atomic E-state index is 0.126. The highest BCUT2D eigenvalue weighted by atomic mass is 32.1. The van der Waals surface area contributed by atoms with Crippen LogP contribution >= 0.6 is 12.2 Å². The first-order chi connectivity index (χ1) is 9.15. The zero-order chi connectivity index (χ0) is 13.7. The number of carbonyl (C=O) groups excluding carboxylic acids is 1. The number of likely N-dealkylation sites (tertiary alicyclic amines) is 1. The van der Waals surface area contributed by atoms with E-state index in [0.29, 0.717) is 17.5 Å². The van der Waals surface area contributed by atoms with Crippen LogP contribution in [0.15, 0.2) is 0 Å². The summed E-state index contributed by atoms with van der Waals surface area (Å²) in [6.45, 7) is 3.81. The van der Waals surface area contributed by atoms with Crippen molar-refractivity contribution in [2.45, 2.75) is 31.7 Å². The number of ether oxygens (including phenoxy) is 1. The normalized spacial score (nSPS) is 23.2. The standard InChI is InChI=1S/C13H23N3O2S/c14-13(19)10-1-5-16(6-2-10)9-12(17)15-11-3-7-18-8-4-11/h10-11H,1-9H2,(H2,14,19)(H,15,17). The van der Waals surface area contributed by atoms with Gasteiger partial charge in [0, 0.05) is 25.2 Å². The molecule has 2 saturated heterocycles. The Balaban J connectivity index is 1.67. The summed E-state index contributed by atoms with van der Waals surface area (Å²) in [5.41, 5.74) is 5.66. The Kier molecular flexibility index (Phi) is 5.54. The zero-order valence-electron chi connectivity index (χ0n) is 11.3. The van der Waals surface area contributed by atoms with Crippen molar-refractivity contribution in [1.29, 1.82) is 0 Å². The summed E-state index contributed by atoms with van der Waals surface area (Å²) < 4.78 is 5.28. The van der Waals surface area contributed by atoms with Gasteiger partial charge in [-0.2, -0.15) is 0 Å². The maximum absolute atomic E-state index is 12.0. The quantitative estimate of drug-likeness (QED) is 0.726. The molecule has 0 spiro atoms. The van der Waals surface area contributed by atoms with Gasteiger partial charge in [-0.3, -0.25) is 9.69 Å². The summed E-state index contributed by atoms with van der Waals surface area (Å²) in [6.07, 6.45) is 3.80. The van der Waals surface area contributed by atoms with Crippen LogP contribution in [0, 0.1) is 5.92 Å². The summed E-state index contributed by atoms with van der Waals surface area (Å²) in [4.78, 5) is 14.8. The van der Waals surface area contributed by atoms with Crippen molar-refractivity contribution in [3.8, 4) is 0 Å². The maximum atomic E-state index is 12.0. The van der Waals surface area contributed by atoms with E-state index in [2.05, 4.69) is 10.2 Å². The van der Waals surface area contributed by atoms with E-state index in [0.717, 1.165) is 52.0 Å². The molecule has 0 aromatic carbocycles. The minimum atomic E-state index is 0.126. The van der Waals surface area contributed by atoms with E-state index in [1.165, 1.54) is 0 Å². The fourth-order valence-corrected chi connectivity index (χ4v) is 2.93. The van der Waals surface area contributed by atoms with Crippen LogP contribution in [-0.4, -0.2) is 54.7 Å². The molecule has 2 fully saturated rings. The summed E-state index contributed by atoms with van der Waals surface area (Å²) in [5.74, 6) is 0.477. The molecule has 0 atom stereocenters. The number of hydrogen-bond acceptors (Lipinski definition) is 4. The second-order valence-electron chi connectivity index (χ2n) is 5.41. The monoisotopic (exact) mass is 285 g/mol. The first kappa shape index (κ1) is 14.7. The summed E-state index contributed by atoms with van der Waals surface area (Å²) in [6, 6.07) is 0.287. The third-order valence-corrected chi connectivity index (χ3v) is 4.28. The number of thiocarbonyl (C=S) groups is 1. The molecule has 2 heterocycles. The number of nitrogens with two attached hydrogens (primary N) is 1. The average Bonchev–Trinajstić information content (AvgIpc) is 2.40. The lowest BCUT2D eigenvalue weighted by Gasteiger charge is -2.31. The molecule has 3 N–H and O–H groups in total. The van der Waals surface area contributed by atoms with E-state index < -0.39 is 0 Å². The molecule has 0 bridgehead atoms. The number of piperidine rings is 1. The molecule has 5 nitrogen and oxygen atoms in total. The Bertz CT molecular complexity index is 324. The number of nitrogens with one attached hydrogen (secondary N) is 1. The van der Waals surface area contributed by atoms with Crippen molar-refractivity contribution >= 4 is 23.1 Å². The van der Waals surface area contributed by atoms with E-state index in [1.807, 2.05) is 0 Å². The van der Waals surface area contributed by atoms with Gasteiger partial charge in [0.2, 0.25) is 5.91 Å². The summed E-state index contributed by atoms with van der Waals surface area (Å²) in [7, 11) is 0. The van der Waals surface area contributed by atoms with Gasteiger partial charge < -0.3 is 15.8 Å². The Labute approximate surface area is 119 Å². The van der Waals surface area contributed by atoms with Gasteiger partial charge in [0.05, 0.1) is 11.5 Å². The van der Waals surface area contributed by atoms with E-state index in [4.69, 9.17) is 22.7 Å². The molecule has 19 heavy (non-hydrogen) atoms. The first-order valence-corrected chi connectivity index (χ1v) is 7.45. The molecule has 0 aliphatic carbocycles. The largest absolute Gasteiger partial charge is 0.393 e. The van der Waals surface area contributed by atoms with Crippen molar-refractivity contribution in [2.24, 2.45) is 11.7 Å². The van der Waals surface area contributed by atoms with Gasteiger partial charge in [0.1, 0.15) is 0 Å². The van der Waals surface area contributed by atoms with Gasteiger partial charge in [0.15, 0.2) is 0 Å². The predicted octanol–water partition coefficient (Wildman–Crippen LogP) is 0.280. The van der Waals surface area contributed by atoms with Crippen molar-refractivity contribution < 1.29 is 9.53 Å². The summed E-state index contributed by atoms with van der Waals surface area (Å²) >= 11 is 5.02. The van der Waals surface area contributed by atoms with Crippen LogP contribution in [-0.2, 0) is 9.53 Å². The van der Waals surface area contributed by atoms with Gasteiger partial charge in [-0.05, 0) is 38.8 Å². The lowest BCUT2D eigenvalue weighted by Crippen LogP contribution is -2.46. The van der Waals surface area contributed by atoms with Gasteiger partial charge in [0.25, 0.3) is 0 Å². The van der Waals surface area contributed by atoms with E-state index in [1.54, 1.807) is 0 Å². The lowest BCUT2D eigenvalue weighted by molar-refractivity contribution is -0.123. The van der Waals surface area contributed by atoms with Gasteiger partial charge in [-0.25, -0.2) is 0 Å². The molecule has 108 valence electrons. The van der Waals surface area contributed by atoms with Gasteiger partial charge in [-0.15, -0.1) is 0 Å². The highest BCUT2D eigenvalue weighted by Gasteiger charge is 2.23. The number of rotatable bonds is 4. The van der Waals surface area contributed by atoms with E-state index >= 15 is 0 Å². The molecule has 2 aliphatic heterocycles. The molecule has 1 amide bonds. The molecular formula is C13H23N3O2S. The molecule has 0 aromatic heterocycles. The molecule has 0 unspecified atom stereocenters. The number of amides is 1. The first-order valence-electron chi connectivity index (χ1n) is 7.04. The number of carbonyl (C=O) groups is 1. The number of nitrogens with zero attached hydrogens (tertiary/aromatic N) is 1. The molecular weight excluding hydrogens is 262 g/mol. The molecule has 0 saturated carbocycles. The fourth-order valence-electron chi connectivity index (χ4n) is 2.69. The average molecular weight is 285 g/mol. The number of hydrogen-bond donors (Lipinski definition) is 2. The van der Waals surface area contributed by atoms with Crippen LogP contribution in [0.5, 0.6) is 0 Å². The van der Waals surface area contributed by atoms with Crippen LogP contribution in [0.25, 0.3) is 0 Å². The molecule has 2 aliphatic rings. The zero-order valence-corrected chi connectivity index (χ0v) is 12.1. The highest BCUT2D eigenvalue weighted by Crippen LogP contribution is 2.17. The van der Waals surface area contributed by atoms with Crippen LogP contribution < -0.4 is 11.1 Å². The Hall–Kier alpha value is -0.720. The van der Waals surface area contributed by atoms with E-state index in [9.17, 15) is 4.79 Å². The summed E-state index contributed by atoms with van der Waals surface area (Å²) in [5, 5.41) is 3.09. The second kappa shape index (κ2) is 7.17. The van der Waals surface area contributed by atoms with Crippen LogP contribution in [0.1, 0.15) is 25.7 Å². The van der Waals surface area contributed by atoms with Crippen LogP contribution in [0.4, 0.5) is 0 Å². The molecule has 0 aromatic rings. The predicted molar refractivity (Wildman–Crippen MR) is 77.9 cm³/mol. The van der Waals surface area contributed by atoms with Crippen molar-refractivity contribution in [2.75, 3.05) is 32.8 Å². The lowest BCUT2D eigenvalue weighted by atomic mass is 9.97. The van der Waals surface area contributed by atoms with Crippen molar-refractivity contribution in [1.82, 2.24) is 10.2 Å². The third kappa shape index (κ3) is 4.71. The Morgan fingerprint density at radius 1 is 1.26 bits per heavy atom. The molecule has 0 radical (unpaired) electrons. The van der Waals surface area contributed by atoms with Gasteiger partial charge >= 0.3 is 0 Å². The highest BCUT2D eigenvalue weighted by molar-refractivity contribution is 7.80.